The lowest BCUT2D eigenvalue weighted by Gasteiger charge is -2.37. The van der Waals surface area contributed by atoms with Crippen LogP contribution < -0.4 is 20.9 Å². The Morgan fingerprint density at radius 1 is 0.804 bits per heavy atom. The summed E-state index contributed by atoms with van der Waals surface area (Å²) >= 11 is 0. The quantitative estimate of drug-likeness (QED) is 0.312. The first-order chi connectivity index (χ1) is 22.2. The molecular formula is C32H38N8O6. The number of fused-ring (bicyclic) bond motifs is 1. The van der Waals surface area contributed by atoms with Gasteiger partial charge in [0, 0.05) is 71.6 Å². The van der Waals surface area contributed by atoms with Gasteiger partial charge in [0.15, 0.2) is 0 Å². The Balaban J connectivity index is 0.945. The maximum Gasteiger partial charge on any atom is 0.264 e. The third kappa shape index (κ3) is 6.24. The lowest BCUT2D eigenvalue weighted by molar-refractivity contribution is -0.136. The lowest BCUT2D eigenvalue weighted by Crippen LogP contribution is -2.54. The van der Waals surface area contributed by atoms with Gasteiger partial charge in [-0.2, -0.15) is 0 Å². The predicted octanol–water partition coefficient (Wildman–Crippen LogP) is 0.623. The maximum absolute atomic E-state index is 13.5. The second-order valence-corrected chi connectivity index (χ2v) is 12.0. The fourth-order valence-electron chi connectivity index (χ4n) is 6.62. The van der Waals surface area contributed by atoms with Crippen LogP contribution in [0.2, 0.25) is 0 Å². The van der Waals surface area contributed by atoms with Gasteiger partial charge in [0.05, 0.1) is 28.7 Å². The van der Waals surface area contributed by atoms with Gasteiger partial charge >= 0.3 is 0 Å². The summed E-state index contributed by atoms with van der Waals surface area (Å²) < 4.78 is 0. The first-order valence-corrected chi connectivity index (χ1v) is 15.8. The van der Waals surface area contributed by atoms with Crippen molar-refractivity contribution in [1.82, 2.24) is 25.0 Å². The van der Waals surface area contributed by atoms with E-state index in [9.17, 15) is 28.8 Å². The summed E-state index contributed by atoms with van der Waals surface area (Å²) in [6.07, 6.45) is 3.94. The van der Waals surface area contributed by atoms with Crippen molar-refractivity contribution in [3.63, 3.8) is 0 Å². The standard InChI is InChI=1S/C32H38N8O6/c33-25-10-8-21(20-34-25)36-12-16-38(17-13-36)27(42)6-1-2-7-28(43)39-18-14-37(15-19-39)23-5-3-4-22-29(23)32(46)40(31(22)45)24-9-11-26(41)35-30(24)44/h3-5,8,10,20,24H,1-2,6-7,9,11-19H2,(H2,33,34)(H,35,41,44). The molecule has 1 atom stereocenters. The number of hydrogen-bond acceptors (Lipinski definition) is 10. The average molecular weight is 631 g/mol. The number of nitrogens with zero attached hydrogens (tertiary/aromatic N) is 6. The van der Waals surface area contributed by atoms with Gasteiger partial charge in [-0.05, 0) is 43.5 Å². The molecule has 1 aromatic heterocycles. The molecule has 46 heavy (non-hydrogen) atoms. The minimum Gasteiger partial charge on any atom is -0.384 e. The number of amides is 6. The molecule has 4 aliphatic heterocycles. The molecule has 5 heterocycles. The molecule has 3 fully saturated rings. The molecular weight excluding hydrogens is 592 g/mol. The highest BCUT2D eigenvalue weighted by molar-refractivity contribution is 6.25. The second kappa shape index (κ2) is 13.2. The number of nitrogens with one attached hydrogen (secondary N) is 1. The van der Waals surface area contributed by atoms with E-state index >= 15 is 0 Å². The third-order valence-corrected chi connectivity index (χ3v) is 9.22. The number of piperidine rings is 1. The van der Waals surface area contributed by atoms with Crippen molar-refractivity contribution in [3.05, 3.63) is 47.7 Å². The van der Waals surface area contributed by atoms with Crippen molar-refractivity contribution in [1.29, 1.82) is 0 Å². The zero-order valence-electron chi connectivity index (χ0n) is 25.7. The molecule has 14 nitrogen and oxygen atoms in total. The summed E-state index contributed by atoms with van der Waals surface area (Å²) in [5, 5.41) is 2.22. The number of hydrogen-bond donors (Lipinski definition) is 2. The molecule has 0 radical (unpaired) electrons. The van der Waals surface area contributed by atoms with E-state index in [0.717, 1.165) is 23.7 Å². The van der Waals surface area contributed by atoms with Crippen LogP contribution in [0, 0.1) is 0 Å². The molecule has 3 N–H and O–H groups in total. The van der Waals surface area contributed by atoms with E-state index in [1.165, 1.54) is 0 Å². The van der Waals surface area contributed by atoms with Crippen molar-refractivity contribution in [2.75, 3.05) is 67.9 Å². The number of anilines is 3. The highest BCUT2D eigenvalue weighted by Crippen LogP contribution is 2.34. The molecule has 0 aliphatic carbocycles. The van der Waals surface area contributed by atoms with E-state index in [0.29, 0.717) is 76.5 Å². The van der Waals surface area contributed by atoms with Gasteiger partial charge in [-0.3, -0.25) is 39.0 Å². The number of carbonyl (C=O) groups excluding carboxylic acids is 6. The summed E-state index contributed by atoms with van der Waals surface area (Å²) in [4.78, 5) is 89.4. The Morgan fingerprint density at radius 3 is 2.02 bits per heavy atom. The van der Waals surface area contributed by atoms with Crippen molar-refractivity contribution in [2.24, 2.45) is 0 Å². The zero-order chi connectivity index (χ0) is 32.4. The van der Waals surface area contributed by atoms with Crippen molar-refractivity contribution < 1.29 is 28.8 Å². The van der Waals surface area contributed by atoms with Crippen LogP contribution in [0.4, 0.5) is 17.2 Å². The van der Waals surface area contributed by atoms with Gasteiger partial charge in [0.1, 0.15) is 11.9 Å². The van der Waals surface area contributed by atoms with Crippen LogP contribution in [0.1, 0.15) is 59.2 Å². The number of pyridine rings is 1. The molecule has 1 aromatic carbocycles. The van der Waals surface area contributed by atoms with Gasteiger partial charge < -0.3 is 25.3 Å². The SMILES string of the molecule is Nc1ccc(N2CCN(C(=O)CCCCC(=O)N3CCN(c4cccc5c4C(=O)N(C4CCC(=O)NC4=O)C5=O)CC3)CC2)cn1. The van der Waals surface area contributed by atoms with Gasteiger partial charge in [0.2, 0.25) is 23.6 Å². The number of carbonyl (C=O) groups is 6. The molecule has 3 saturated heterocycles. The fraction of sp³-hybridized carbons (Fsp3) is 0.469. The number of aromatic nitrogens is 1. The summed E-state index contributed by atoms with van der Waals surface area (Å²) in [6, 6.07) is 7.76. The maximum atomic E-state index is 13.5. The Kier molecular flexibility index (Phi) is 8.86. The molecule has 6 rings (SSSR count). The van der Waals surface area contributed by atoms with Gasteiger partial charge in [-0.25, -0.2) is 4.98 Å². The van der Waals surface area contributed by atoms with E-state index < -0.39 is 29.7 Å². The highest BCUT2D eigenvalue weighted by Gasteiger charge is 2.46. The lowest BCUT2D eigenvalue weighted by atomic mass is 10.0. The van der Waals surface area contributed by atoms with Crippen LogP contribution >= 0.6 is 0 Å². The summed E-state index contributed by atoms with van der Waals surface area (Å²) in [5.74, 6) is -1.53. The molecule has 242 valence electrons. The summed E-state index contributed by atoms with van der Waals surface area (Å²) in [6.45, 7) is 4.66. The van der Waals surface area contributed by atoms with Crippen molar-refractivity contribution in [2.45, 2.75) is 44.6 Å². The van der Waals surface area contributed by atoms with E-state index in [-0.39, 0.29) is 35.8 Å². The van der Waals surface area contributed by atoms with Crippen LogP contribution in [-0.2, 0) is 19.2 Å². The predicted molar refractivity (Wildman–Crippen MR) is 168 cm³/mol. The Bertz CT molecular complexity index is 1550. The van der Waals surface area contributed by atoms with Crippen LogP contribution in [0.5, 0.6) is 0 Å². The second-order valence-electron chi connectivity index (χ2n) is 12.0. The summed E-state index contributed by atoms with van der Waals surface area (Å²) in [7, 11) is 0. The van der Waals surface area contributed by atoms with E-state index in [1.54, 1.807) is 35.4 Å². The zero-order valence-corrected chi connectivity index (χ0v) is 25.7. The molecule has 0 bridgehead atoms. The number of benzene rings is 1. The van der Waals surface area contributed by atoms with Crippen molar-refractivity contribution >= 4 is 52.6 Å². The number of rotatable bonds is 8. The van der Waals surface area contributed by atoms with Gasteiger partial charge in [-0.15, -0.1) is 0 Å². The molecule has 0 saturated carbocycles. The van der Waals surface area contributed by atoms with Crippen LogP contribution in [0.15, 0.2) is 36.5 Å². The monoisotopic (exact) mass is 630 g/mol. The third-order valence-electron chi connectivity index (χ3n) is 9.22. The molecule has 6 amide bonds. The normalized spacial score (nSPS) is 20.3. The van der Waals surface area contributed by atoms with E-state index in [2.05, 4.69) is 15.2 Å². The van der Waals surface area contributed by atoms with Crippen LogP contribution in [0.3, 0.4) is 0 Å². The van der Waals surface area contributed by atoms with Crippen LogP contribution in [0.25, 0.3) is 0 Å². The Hall–Kier alpha value is -5.01. The Morgan fingerprint density at radius 2 is 1.43 bits per heavy atom. The molecule has 14 heteroatoms. The van der Waals surface area contributed by atoms with E-state index in [1.807, 2.05) is 15.9 Å². The summed E-state index contributed by atoms with van der Waals surface area (Å²) in [5.41, 5.74) is 7.76. The molecule has 1 unspecified atom stereocenters. The number of nitrogen functional groups attached to an aromatic ring is 1. The molecule has 4 aliphatic rings. The largest absolute Gasteiger partial charge is 0.384 e. The first kappa shape index (κ1) is 31.0. The van der Waals surface area contributed by atoms with Gasteiger partial charge in [0.25, 0.3) is 11.8 Å². The van der Waals surface area contributed by atoms with Crippen LogP contribution in [-0.4, -0.2) is 114 Å². The highest BCUT2D eigenvalue weighted by atomic mass is 16.2. The minimum absolute atomic E-state index is 0.0337. The first-order valence-electron chi connectivity index (χ1n) is 15.8. The number of piperazine rings is 2. The van der Waals surface area contributed by atoms with E-state index in [4.69, 9.17) is 5.73 Å². The minimum atomic E-state index is -1.02. The Labute approximate surface area is 266 Å². The fourth-order valence-corrected chi connectivity index (χ4v) is 6.62. The van der Waals surface area contributed by atoms with Crippen molar-refractivity contribution in [3.8, 4) is 0 Å². The smallest absolute Gasteiger partial charge is 0.264 e. The molecule has 0 spiro atoms. The topological polar surface area (TPSA) is 170 Å². The number of unbranched alkanes of at least 4 members (excludes halogenated alkanes) is 1. The molecule has 2 aromatic rings. The number of nitrogens with two attached hydrogens (primary N) is 1. The number of imide groups is 2. The van der Waals surface area contributed by atoms with Gasteiger partial charge in [-0.1, -0.05) is 6.07 Å². The average Bonchev–Trinajstić information content (AvgIpc) is 3.32.